The van der Waals surface area contributed by atoms with Crippen LogP contribution < -0.4 is 4.74 Å². The average Bonchev–Trinajstić information content (AvgIpc) is 2.98. The smallest absolute Gasteiger partial charge is 0.355 e. The number of aryl methyl sites for hydroxylation is 2. The number of hydrogen-bond donors (Lipinski definition) is 1. The van der Waals surface area contributed by atoms with Gasteiger partial charge in [0.2, 0.25) is 5.78 Å². The minimum Gasteiger partial charge on any atom is -0.494 e. The van der Waals surface area contributed by atoms with Gasteiger partial charge in [0.1, 0.15) is 11.4 Å². The number of hydrogen-bond acceptors (Lipinski definition) is 6. The minimum absolute atomic E-state index is 0.151. The van der Waals surface area contributed by atoms with Crippen molar-refractivity contribution < 1.29 is 28.6 Å². The quantitative estimate of drug-likeness (QED) is 0.371. The molecule has 7 heteroatoms. The van der Waals surface area contributed by atoms with Crippen molar-refractivity contribution in [2.24, 2.45) is 0 Å². The predicted octanol–water partition coefficient (Wildman–Crippen LogP) is 3.70. The van der Waals surface area contributed by atoms with E-state index in [1.807, 2.05) is 31.2 Å². The van der Waals surface area contributed by atoms with E-state index in [0.29, 0.717) is 29.8 Å². The monoisotopic (exact) mass is 401 g/mol. The normalized spacial score (nSPS) is 10.5. The number of benzene rings is 1. The summed E-state index contributed by atoms with van der Waals surface area (Å²) in [4.78, 5) is 39.2. The molecule has 29 heavy (non-hydrogen) atoms. The Bertz CT molecular complexity index is 883. The van der Waals surface area contributed by atoms with Gasteiger partial charge in [-0.25, -0.2) is 4.79 Å². The molecule has 1 N–H and O–H groups in total. The first-order valence-corrected chi connectivity index (χ1v) is 9.58. The Morgan fingerprint density at radius 1 is 1.07 bits per heavy atom. The Hall–Kier alpha value is -3.09. The molecule has 7 nitrogen and oxygen atoms in total. The molecule has 2 aromatic rings. The van der Waals surface area contributed by atoms with E-state index in [-0.39, 0.29) is 31.1 Å². The highest BCUT2D eigenvalue weighted by Gasteiger charge is 2.23. The van der Waals surface area contributed by atoms with Crippen LogP contribution >= 0.6 is 0 Å². The molecule has 1 aromatic heterocycles. The van der Waals surface area contributed by atoms with Gasteiger partial charge in [0.15, 0.2) is 6.61 Å². The minimum atomic E-state index is -0.516. The van der Waals surface area contributed by atoms with Gasteiger partial charge in [-0.05, 0) is 57.4 Å². The summed E-state index contributed by atoms with van der Waals surface area (Å²) in [6, 6.07) is 7.66. The molecule has 0 unspecified atom stereocenters. The Kier molecular flexibility index (Phi) is 8.00. The summed E-state index contributed by atoms with van der Waals surface area (Å²) in [5.41, 5.74) is 2.73. The molecule has 0 radical (unpaired) electrons. The van der Waals surface area contributed by atoms with E-state index in [1.54, 1.807) is 20.8 Å². The number of ether oxygens (including phenoxy) is 3. The first-order valence-electron chi connectivity index (χ1n) is 9.58. The molecule has 0 atom stereocenters. The Balaban J connectivity index is 1.80. The van der Waals surface area contributed by atoms with Crippen LogP contribution in [0, 0.1) is 20.8 Å². The summed E-state index contributed by atoms with van der Waals surface area (Å²) in [5, 5.41) is 0. The zero-order chi connectivity index (χ0) is 21.4. The molecular formula is C22H27NO6. The number of aromatic nitrogens is 1. The molecule has 2 rings (SSSR count). The second-order valence-electron chi connectivity index (χ2n) is 6.70. The highest BCUT2D eigenvalue weighted by Crippen LogP contribution is 2.19. The van der Waals surface area contributed by atoms with Gasteiger partial charge in [0.25, 0.3) is 0 Å². The number of esters is 2. The summed E-state index contributed by atoms with van der Waals surface area (Å²) in [6.45, 7) is 7.28. The SMILES string of the molecule is CCOC(=O)c1[nH]c(C)c(C(=O)COC(=O)CCCOc2cccc(C)c2)c1C. The molecule has 0 aliphatic carbocycles. The van der Waals surface area contributed by atoms with Crippen molar-refractivity contribution in [3.8, 4) is 5.75 Å². The van der Waals surface area contributed by atoms with Crippen LogP contribution in [0.2, 0.25) is 0 Å². The van der Waals surface area contributed by atoms with E-state index in [0.717, 1.165) is 11.3 Å². The van der Waals surface area contributed by atoms with Crippen LogP contribution in [-0.4, -0.2) is 42.5 Å². The standard InChI is InChI=1S/C22H27NO6/c1-5-27-22(26)21-15(3)20(16(4)23-21)18(24)13-29-19(25)10-7-11-28-17-9-6-8-14(2)12-17/h6,8-9,12,23H,5,7,10-11,13H2,1-4H3. The summed E-state index contributed by atoms with van der Waals surface area (Å²) < 4.78 is 15.6. The second kappa shape index (κ2) is 10.5. The van der Waals surface area contributed by atoms with E-state index < -0.39 is 11.9 Å². The Morgan fingerprint density at radius 3 is 2.52 bits per heavy atom. The fourth-order valence-corrected chi connectivity index (χ4v) is 2.98. The molecule has 0 bridgehead atoms. The lowest BCUT2D eigenvalue weighted by atomic mass is 10.1. The average molecular weight is 401 g/mol. The third kappa shape index (κ3) is 6.20. The van der Waals surface area contributed by atoms with Crippen LogP contribution in [0.3, 0.4) is 0 Å². The third-order valence-corrected chi connectivity index (χ3v) is 4.34. The van der Waals surface area contributed by atoms with Gasteiger partial charge in [-0.1, -0.05) is 12.1 Å². The number of carbonyl (C=O) groups is 3. The van der Waals surface area contributed by atoms with Crippen LogP contribution in [0.15, 0.2) is 24.3 Å². The van der Waals surface area contributed by atoms with Gasteiger partial charge in [-0.3, -0.25) is 9.59 Å². The number of carbonyl (C=O) groups excluding carboxylic acids is 3. The van der Waals surface area contributed by atoms with Crippen LogP contribution in [-0.2, 0) is 14.3 Å². The highest BCUT2D eigenvalue weighted by atomic mass is 16.5. The maximum Gasteiger partial charge on any atom is 0.355 e. The first kappa shape index (κ1) is 22.2. The summed E-state index contributed by atoms with van der Waals surface area (Å²) >= 11 is 0. The molecule has 156 valence electrons. The van der Waals surface area contributed by atoms with E-state index in [1.165, 1.54) is 0 Å². The molecule has 1 aromatic carbocycles. The van der Waals surface area contributed by atoms with Crippen molar-refractivity contribution in [2.75, 3.05) is 19.8 Å². The zero-order valence-electron chi connectivity index (χ0n) is 17.3. The summed E-state index contributed by atoms with van der Waals surface area (Å²) in [6.07, 6.45) is 0.633. The number of Topliss-reactive ketones (excluding diaryl/α,β-unsaturated/α-hetero) is 1. The van der Waals surface area contributed by atoms with Crippen LogP contribution in [0.1, 0.15) is 57.4 Å². The topological polar surface area (TPSA) is 94.7 Å². The summed E-state index contributed by atoms with van der Waals surface area (Å²) in [7, 11) is 0. The van der Waals surface area contributed by atoms with E-state index in [9.17, 15) is 14.4 Å². The van der Waals surface area contributed by atoms with Crippen molar-refractivity contribution in [1.29, 1.82) is 0 Å². The molecule has 1 heterocycles. The molecule has 0 saturated carbocycles. The Labute approximate surface area is 170 Å². The number of ketones is 1. The highest BCUT2D eigenvalue weighted by molar-refractivity contribution is 6.03. The largest absolute Gasteiger partial charge is 0.494 e. The van der Waals surface area contributed by atoms with E-state index >= 15 is 0 Å². The maximum atomic E-state index is 12.5. The van der Waals surface area contributed by atoms with Crippen molar-refractivity contribution in [3.63, 3.8) is 0 Å². The van der Waals surface area contributed by atoms with Crippen LogP contribution in [0.4, 0.5) is 0 Å². The lowest BCUT2D eigenvalue weighted by Gasteiger charge is -2.07. The number of H-pyrrole nitrogens is 1. The van der Waals surface area contributed by atoms with Crippen molar-refractivity contribution >= 4 is 17.7 Å². The molecule has 0 amide bonds. The van der Waals surface area contributed by atoms with E-state index in [2.05, 4.69) is 4.98 Å². The molecule has 0 spiro atoms. The maximum absolute atomic E-state index is 12.5. The fraction of sp³-hybridized carbons (Fsp3) is 0.409. The molecule has 0 aliphatic heterocycles. The van der Waals surface area contributed by atoms with Gasteiger partial charge in [-0.2, -0.15) is 0 Å². The second-order valence-corrected chi connectivity index (χ2v) is 6.70. The van der Waals surface area contributed by atoms with Gasteiger partial charge in [-0.15, -0.1) is 0 Å². The molecule has 0 saturated heterocycles. The lowest BCUT2D eigenvalue weighted by molar-refractivity contribution is -0.142. The first-order chi connectivity index (χ1) is 13.8. The van der Waals surface area contributed by atoms with Crippen molar-refractivity contribution in [3.05, 3.63) is 52.3 Å². The lowest BCUT2D eigenvalue weighted by Crippen LogP contribution is -2.16. The zero-order valence-corrected chi connectivity index (χ0v) is 17.3. The van der Waals surface area contributed by atoms with Gasteiger partial charge in [0, 0.05) is 17.7 Å². The fourth-order valence-electron chi connectivity index (χ4n) is 2.98. The van der Waals surface area contributed by atoms with Gasteiger partial charge >= 0.3 is 11.9 Å². The van der Waals surface area contributed by atoms with Gasteiger partial charge in [0.05, 0.1) is 13.2 Å². The molecule has 0 aliphatic rings. The summed E-state index contributed by atoms with van der Waals surface area (Å²) in [5.74, 6) is -0.596. The number of rotatable bonds is 10. The van der Waals surface area contributed by atoms with E-state index in [4.69, 9.17) is 14.2 Å². The van der Waals surface area contributed by atoms with Gasteiger partial charge < -0.3 is 19.2 Å². The molecule has 0 fully saturated rings. The van der Waals surface area contributed by atoms with Crippen molar-refractivity contribution in [2.45, 2.75) is 40.5 Å². The molecular weight excluding hydrogens is 374 g/mol. The van der Waals surface area contributed by atoms with Crippen molar-refractivity contribution in [1.82, 2.24) is 4.98 Å². The number of nitrogens with one attached hydrogen (secondary N) is 1. The number of aromatic amines is 1. The van der Waals surface area contributed by atoms with Crippen LogP contribution in [0.5, 0.6) is 5.75 Å². The van der Waals surface area contributed by atoms with Crippen LogP contribution in [0.25, 0.3) is 0 Å². The third-order valence-electron chi connectivity index (χ3n) is 4.34. The Morgan fingerprint density at radius 2 is 1.83 bits per heavy atom. The predicted molar refractivity (Wildman–Crippen MR) is 107 cm³/mol.